The number of piperidine rings is 2. The number of nitrogens with zero attached hydrogens (tertiary/aromatic N) is 1. The first-order valence-corrected chi connectivity index (χ1v) is 7.46. The van der Waals surface area contributed by atoms with Crippen molar-refractivity contribution in [3.05, 3.63) is 0 Å². The number of hydrogen-bond acceptors (Lipinski definition) is 3. The van der Waals surface area contributed by atoms with Gasteiger partial charge in [-0.2, -0.15) is 0 Å². The lowest BCUT2D eigenvalue weighted by Gasteiger charge is -2.31. The molecule has 2 atom stereocenters. The van der Waals surface area contributed by atoms with Gasteiger partial charge in [0.1, 0.15) is 0 Å². The Morgan fingerprint density at radius 1 is 1.30 bits per heavy atom. The van der Waals surface area contributed by atoms with E-state index in [9.17, 15) is 4.79 Å². The van der Waals surface area contributed by atoms with E-state index in [4.69, 9.17) is 0 Å². The van der Waals surface area contributed by atoms with Crippen LogP contribution in [0, 0.1) is 11.8 Å². The van der Waals surface area contributed by atoms with Crippen LogP contribution in [0.15, 0.2) is 0 Å². The van der Waals surface area contributed by atoms with E-state index in [0.29, 0.717) is 0 Å². The summed E-state index contributed by atoms with van der Waals surface area (Å²) >= 11 is 0. The smallest absolute Gasteiger partial charge is 0.224 e. The lowest BCUT2D eigenvalue weighted by molar-refractivity contribution is -0.125. The molecule has 6 heteroatoms. The molecule has 2 unspecified atom stereocenters. The molecule has 2 fully saturated rings. The summed E-state index contributed by atoms with van der Waals surface area (Å²) in [5.41, 5.74) is 0. The fraction of sp³-hybridized carbons (Fsp3) is 0.929. The summed E-state index contributed by atoms with van der Waals surface area (Å²) < 4.78 is 0. The van der Waals surface area contributed by atoms with Gasteiger partial charge in [0.2, 0.25) is 5.91 Å². The second kappa shape index (κ2) is 10.7. The Morgan fingerprint density at radius 3 is 2.75 bits per heavy atom. The van der Waals surface area contributed by atoms with Gasteiger partial charge in [-0.25, -0.2) is 0 Å². The highest BCUT2D eigenvalue weighted by molar-refractivity contribution is 5.85. The molecule has 0 saturated carbocycles. The Morgan fingerprint density at radius 2 is 2.10 bits per heavy atom. The van der Waals surface area contributed by atoms with Crippen molar-refractivity contribution in [1.29, 1.82) is 0 Å². The molecule has 0 aliphatic carbocycles. The van der Waals surface area contributed by atoms with Gasteiger partial charge in [0.25, 0.3) is 0 Å². The van der Waals surface area contributed by atoms with Gasteiger partial charge in [-0.05, 0) is 44.7 Å². The molecular weight excluding hydrogens is 297 g/mol. The van der Waals surface area contributed by atoms with Crippen molar-refractivity contribution in [1.82, 2.24) is 15.5 Å². The number of likely N-dealkylation sites (tertiary alicyclic amines) is 1. The van der Waals surface area contributed by atoms with E-state index in [-0.39, 0.29) is 36.6 Å². The van der Waals surface area contributed by atoms with Crippen molar-refractivity contribution in [3.63, 3.8) is 0 Å². The van der Waals surface area contributed by atoms with Crippen LogP contribution in [0.1, 0.15) is 32.6 Å². The summed E-state index contributed by atoms with van der Waals surface area (Å²) in [4.78, 5) is 14.4. The second-order valence-electron chi connectivity index (χ2n) is 5.88. The Bertz CT molecular complexity index is 273. The lowest BCUT2D eigenvalue weighted by Crippen LogP contribution is -2.44. The van der Waals surface area contributed by atoms with Crippen LogP contribution in [-0.4, -0.2) is 50.1 Å². The van der Waals surface area contributed by atoms with Gasteiger partial charge in [0, 0.05) is 26.2 Å². The minimum atomic E-state index is 0. The minimum Gasteiger partial charge on any atom is -0.355 e. The Balaban J connectivity index is 0.00000180. The van der Waals surface area contributed by atoms with Crippen LogP contribution in [0.25, 0.3) is 0 Å². The summed E-state index contributed by atoms with van der Waals surface area (Å²) in [7, 11) is 0. The van der Waals surface area contributed by atoms with Gasteiger partial charge in [-0.1, -0.05) is 6.92 Å². The average molecular weight is 326 g/mol. The number of hydrogen-bond donors (Lipinski definition) is 2. The maximum atomic E-state index is 11.9. The standard InChI is InChI=1S/C14H27N3O.2ClH/c1-12-4-3-8-17(11-12)9-7-16-14(18)13-5-2-6-15-10-13;;/h12-13,15H,2-11H2,1H3,(H,16,18);2*1H. The van der Waals surface area contributed by atoms with E-state index in [1.807, 2.05) is 0 Å². The topological polar surface area (TPSA) is 44.4 Å². The van der Waals surface area contributed by atoms with Crippen molar-refractivity contribution in [2.75, 3.05) is 39.3 Å². The molecule has 2 N–H and O–H groups in total. The van der Waals surface area contributed by atoms with Gasteiger partial charge < -0.3 is 15.5 Å². The quantitative estimate of drug-likeness (QED) is 0.826. The molecule has 120 valence electrons. The van der Waals surface area contributed by atoms with E-state index in [1.165, 1.54) is 25.9 Å². The monoisotopic (exact) mass is 325 g/mol. The van der Waals surface area contributed by atoms with Crippen LogP contribution in [0.3, 0.4) is 0 Å². The largest absolute Gasteiger partial charge is 0.355 e. The van der Waals surface area contributed by atoms with Crippen LogP contribution in [0.5, 0.6) is 0 Å². The molecule has 0 spiro atoms. The van der Waals surface area contributed by atoms with Crippen LogP contribution in [0.4, 0.5) is 0 Å². The number of nitrogens with one attached hydrogen (secondary N) is 2. The second-order valence-corrected chi connectivity index (χ2v) is 5.88. The molecular formula is C14H29Cl2N3O. The number of carbonyl (C=O) groups excluding carboxylic acids is 1. The molecule has 0 bridgehead atoms. The summed E-state index contributed by atoms with van der Waals surface area (Å²) in [6, 6.07) is 0. The maximum Gasteiger partial charge on any atom is 0.224 e. The number of rotatable bonds is 4. The first kappa shape index (κ1) is 20.0. The van der Waals surface area contributed by atoms with E-state index in [0.717, 1.165) is 44.9 Å². The normalized spacial score (nSPS) is 27.1. The summed E-state index contributed by atoms with van der Waals surface area (Å²) in [5.74, 6) is 1.25. The molecule has 2 heterocycles. The molecule has 2 aliphatic rings. The first-order valence-electron chi connectivity index (χ1n) is 7.46. The lowest BCUT2D eigenvalue weighted by atomic mass is 9.99. The van der Waals surface area contributed by atoms with Crippen molar-refractivity contribution in [2.24, 2.45) is 11.8 Å². The van der Waals surface area contributed by atoms with E-state index in [1.54, 1.807) is 0 Å². The molecule has 1 amide bonds. The third-order valence-corrected chi connectivity index (χ3v) is 4.14. The van der Waals surface area contributed by atoms with Crippen LogP contribution < -0.4 is 10.6 Å². The van der Waals surface area contributed by atoms with Gasteiger partial charge in [-0.3, -0.25) is 4.79 Å². The Labute approximate surface area is 135 Å². The molecule has 4 nitrogen and oxygen atoms in total. The summed E-state index contributed by atoms with van der Waals surface area (Å²) in [6.45, 7) is 8.45. The molecule has 0 aromatic heterocycles. The zero-order valence-corrected chi connectivity index (χ0v) is 14.0. The van der Waals surface area contributed by atoms with Crippen molar-refractivity contribution >= 4 is 30.7 Å². The fourth-order valence-corrected chi connectivity index (χ4v) is 3.05. The van der Waals surface area contributed by atoms with E-state index >= 15 is 0 Å². The highest BCUT2D eigenvalue weighted by Gasteiger charge is 2.21. The number of amides is 1. The van der Waals surface area contributed by atoms with E-state index in [2.05, 4.69) is 22.5 Å². The highest BCUT2D eigenvalue weighted by Crippen LogP contribution is 2.14. The van der Waals surface area contributed by atoms with Gasteiger partial charge in [0.05, 0.1) is 5.92 Å². The van der Waals surface area contributed by atoms with Crippen LogP contribution >= 0.6 is 24.8 Å². The van der Waals surface area contributed by atoms with Crippen LogP contribution in [0.2, 0.25) is 0 Å². The van der Waals surface area contributed by atoms with Crippen molar-refractivity contribution < 1.29 is 4.79 Å². The Kier molecular flexibility index (Phi) is 10.6. The third-order valence-electron chi connectivity index (χ3n) is 4.14. The SMILES string of the molecule is CC1CCCN(CCNC(=O)C2CCCNC2)C1.Cl.Cl. The predicted octanol–water partition coefficient (Wildman–Crippen LogP) is 1.68. The molecule has 20 heavy (non-hydrogen) atoms. The van der Waals surface area contributed by atoms with E-state index < -0.39 is 0 Å². The predicted molar refractivity (Wildman–Crippen MR) is 87.9 cm³/mol. The van der Waals surface area contributed by atoms with Crippen molar-refractivity contribution in [3.8, 4) is 0 Å². The van der Waals surface area contributed by atoms with Crippen molar-refractivity contribution in [2.45, 2.75) is 32.6 Å². The zero-order valence-electron chi connectivity index (χ0n) is 12.4. The Hall–Kier alpha value is -0.0300. The molecule has 0 aromatic carbocycles. The summed E-state index contributed by atoms with van der Waals surface area (Å²) in [6.07, 6.45) is 4.83. The van der Waals surface area contributed by atoms with Gasteiger partial charge in [-0.15, -0.1) is 24.8 Å². The van der Waals surface area contributed by atoms with Gasteiger partial charge in [0.15, 0.2) is 0 Å². The summed E-state index contributed by atoms with van der Waals surface area (Å²) in [5, 5.41) is 6.38. The molecule has 2 saturated heterocycles. The maximum absolute atomic E-state index is 11.9. The number of carbonyl (C=O) groups is 1. The first-order chi connectivity index (χ1) is 8.75. The molecule has 0 aromatic rings. The molecule has 0 radical (unpaired) electrons. The third kappa shape index (κ3) is 6.61. The average Bonchev–Trinajstić information content (AvgIpc) is 2.40. The molecule has 2 aliphatic heterocycles. The zero-order chi connectivity index (χ0) is 12.8. The van der Waals surface area contributed by atoms with Crippen LogP contribution in [-0.2, 0) is 4.79 Å². The van der Waals surface area contributed by atoms with Gasteiger partial charge >= 0.3 is 0 Å². The minimum absolute atomic E-state index is 0. The molecule has 2 rings (SSSR count). The fourth-order valence-electron chi connectivity index (χ4n) is 3.05. The number of halogens is 2. The highest BCUT2D eigenvalue weighted by atomic mass is 35.5.